The minimum atomic E-state index is 0.163. The number of ether oxygens (including phenoxy) is 1. The number of aromatic nitrogens is 1. The summed E-state index contributed by atoms with van der Waals surface area (Å²) in [5.41, 5.74) is 8.43. The summed E-state index contributed by atoms with van der Waals surface area (Å²) in [7, 11) is 1.71. The van der Waals surface area contributed by atoms with Crippen LogP contribution in [0, 0.1) is 5.92 Å². The number of nitrogens with two attached hydrogens (primary N) is 1. The molecule has 1 atom stereocenters. The highest BCUT2D eigenvalue weighted by molar-refractivity contribution is 5.82. The van der Waals surface area contributed by atoms with Crippen molar-refractivity contribution in [2.24, 2.45) is 11.7 Å². The molecule has 3 N–H and O–H groups in total. The lowest BCUT2D eigenvalue weighted by Crippen LogP contribution is -2.28. The van der Waals surface area contributed by atoms with Crippen LogP contribution in [-0.2, 0) is 6.42 Å². The van der Waals surface area contributed by atoms with Gasteiger partial charge in [-0.25, -0.2) is 0 Å². The van der Waals surface area contributed by atoms with E-state index >= 15 is 0 Å². The highest BCUT2D eigenvalue weighted by atomic mass is 16.5. The van der Waals surface area contributed by atoms with E-state index in [9.17, 15) is 0 Å². The Kier molecular flexibility index (Phi) is 3.38. The third-order valence-electron chi connectivity index (χ3n) is 3.27. The van der Waals surface area contributed by atoms with Gasteiger partial charge in [0.2, 0.25) is 0 Å². The van der Waals surface area contributed by atoms with Crippen LogP contribution >= 0.6 is 0 Å². The Morgan fingerprint density at radius 3 is 2.76 bits per heavy atom. The predicted octanol–water partition coefficient (Wildman–Crippen LogP) is 2.70. The van der Waals surface area contributed by atoms with E-state index in [-0.39, 0.29) is 6.04 Å². The summed E-state index contributed by atoms with van der Waals surface area (Å²) in [4.78, 5) is 3.22. The van der Waals surface area contributed by atoms with E-state index < -0.39 is 0 Å². The first kappa shape index (κ1) is 12.0. The largest absolute Gasteiger partial charge is 0.496 e. The van der Waals surface area contributed by atoms with Crippen molar-refractivity contribution in [3.8, 4) is 5.75 Å². The molecular formula is C14H20N2O. The maximum Gasteiger partial charge on any atom is 0.122 e. The smallest absolute Gasteiger partial charge is 0.122 e. The third kappa shape index (κ3) is 2.44. The molecule has 0 saturated carbocycles. The molecule has 0 bridgehead atoms. The van der Waals surface area contributed by atoms with E-state index in [4.69, 9.17) is 10.5 Å². The minimum Gasteiger partial charge on any atom is -0.496 e. The number of H-pyrrole nitrogens is 1. The van der Waals surface area contributed by atoms with Crippen LogP contribution < -0.4 is 10.5 Å². The normalized spacial score (nSPS) is 13.2. The number of fused-ring (bicyclic) bond motifs is 1. The third-order valence-corrected chi connectivity index (χ3v) is 3.27. The molecule has 1 unspecified atom stereocenters. The Bertz CT molecular complexity index is 502. The van der Waals surface area contributed by atoms with Crippen LogP contribution in [0.2, 0.25) is 0 Å². The lowest BCUT2D eigenvalue weighted by Gasteiger charge is -2.17. The van der Waals surface area contributed by atoms with Crippen molar-refractivity contribution in [3.05, 3.63) is 30.0 Å². The van der Waals surface area contributed by atoms with Crippen molar-refractivity contribution in [1.82, 2.24) is 4.98 Å². The average Bonchev–Trinajstić information content (AvgIpc) is 2.74. The molecule has 0 amide bonds. The molecule has 1 heterocycles. The second-order valence-electron chi connectivity index (χ2n) is 4.84. The Labute approximate surface area is 102 Å². The fraction of sp³-hybridized carbons (Fsp3) is 0.429. The summed E-state index contributed by atoms with van der Waals surface area (Å²) in [6, 6.07) is 6.41. The molecule has 1 aromatic heterocycles. The second kappa shape index (κ2) is 4.80. The Hall–Kier alpha value is -1.48. The van der Waals surface area contributed by atoms with E-state index in [1.165, 1.54) is 10.9 Å². The Balaban J connectivity index is 2.36. The Morgan fingerprint density at radius 1 is 1.35 bits per heavy atom. The number of nitrogens with one attached hydrogen (secondary N) is 1. The highest BCUT2D eigenvalue weighted by Crippen LogP contribution is 2.26. The van der Waals surface area contributed by atoms with E-state index in [0.717, 1.165) is 17.7 Å². The molecule has 0 aliphatic carbocycles. The van der Waals surface area contributed by atoms with Gasteiger partial charge in [0.15, 0.2) is 0 Å². The van der Waals surface area contributed by atoms with Gasteiger partial charge >= 0.3 is 0 Å². The van der Waals surface area contributed by atoms with Crippen molar-refractivity contribution in [3.63, 3.8) is 0 Å². The molecule has 17 heavy (non-hydrogen) atoms. The SMILES string of the molecule is COc1cc2cc[nH]c2cc1CC(N)C(C)C. The van der Waals surface area contributed by atoms with Crippen LogP contribution in [0.3, 0.4) is 0 Å². The van der Waals surface area contributed by atoms with Gasteiger partial charge in [-0.2, -0.15) is 0 Å². The zero-order valence-corrected chi connectivity index (χ0v) is 10.7. The molecule has 0 aliphatic rings. The van der Waals surface area contributed by atoms with Crippen molar-refractivity contribution >= 4 is 10.9 Å². The van der Waals surface area contributed by atoms with Crippen LogP contribution in [0.4, 0.5) is 0 Å². The molecule has 92 valence electrons. The van der Waals surface area contributed by atoms with Gasteiger partial charge in [0.1, 0.15) is 5.75 Å². The van der Waals surface area contributed by atoms with Crippen LogP contribution in [-0.4, -0.2) is 18.1 Å². The van der Waals surface area contributed by atoms with Crippen molar-refractivity contribution in [2.45, 2.75) is 26.3 Å². The van der Waals surface area contributed by atoms with Gasteiger partial charge in [-0.3, -0.25) is 0 Å². The summed E-state index contributed by atoms with van der Waals surface area (Å²) in [6.07, 6.45) is 2.78. The zero-order chi connectivity index (χ0) is 12.4. The number of rotatable bonds is 4. The average molecular weight is 232 g/mol. The van der Waals surface area contributed by atoms with Gasteiger partial charge in [-0.05, 0) is 36.1 Å². The van der Waals surface area contributed by atoms with Crippen molar-refractivity contribution < 1.29 is 4.74 Å². The van der Waals surface area contributed by atoms with Crippen LogP contribution in [0.25, 0.3) is 10.9 Å². The molecule has 3 heteroatoms. The van der Waals surface area contributed by atoms with Crippen molar-refractivity contribution in [1.29, 1.82) is 0 Å². The highest BCUT2D eigenvalue weighted by Gasteiger charge is 2.13. The van der Waals surface area contributed by atoms with E-state index in [1.807, 2.05) is 12.3 Å². The first-order valence-corrected chi connectivity index (χ1v) is 6.01. The maximum atomic E-state index is 6.13. The molecule has 0 saturated heterocycles. The lowest BCUT2D eigenvalue weighted by atomic mass is 9.96. The number of benzene rings is 1. The molecule has 3 nitrogen and oxygen atoms in total. The number of aromatic amines is 1. The number of methoxy groups -OCH3 is 1. The first-order chi connectivity index (χ1) is 8.11. The molecule has 0 fully saturated rings. The monoisotopic (exact) mass is 232 g/mol. The summed E-state index contributed by atoms with van der Waals surface area (Å²) in [5, 5.41) is 1.17. The first-order valence-electron chi connectivity index (χ1n) is 6.01. The number of hydrogen-bond donors (Lipinski definition) is 2. The summed E-state index contributed by atoms with van der Waals surface area (Å²) in [5.74, 6) is 1.40. The van der Waals surface area contributed by atoms with Gasteiger partial charge in [0, 0.05) is 23.1 Å². The van der Waals surface area contributed by atoms with Gasteiger partial charge in [0.05, 0.1) is 7.11 Å². The van der Waals surface area contributed by atoms with Gasteiger partial charge in [0.25, 0.3) is 0 Å². The molecular weight excluding hydrogens is 212 g/mol. The topological polar surface area (TPSA) is 51.0 Å². The fourth-order valence-corrected chi connectivity index (χ4v) is 1.96. The van der Waals surface area contributed by atoms with Crippen LogP contribution in [0.1, 0.15) is 19.4 Å². The molecule has 0 aliphatic heterocycles. The van der Waals surface area contributed by atoms with Gasteiger partial charge in [-0.1, -0.05) is 13.8 Å². The van der Waals surface area contributed by atoms with Gasteiger partial charge in [-0.15, -0.1) is 0 Å². The zero-order valence-electron chi connectivity index (χ0n) is 10.7. The summed E-state index contributed by atoms with van der Waals surface area (Å²) in [6.45, 7) is 4.29. The Morgan fingerprint density at radius 2 is 2.12 bits per heavy atom. The quantitative estimate of drug-likeness (QED) is 0.851. The number of hydrogen-bond acceptors (Lipinski definition) is 2. The summed E-state index contributed by atoms with van der Waals surface area (Å²) >= 11 is 0. The molecule has 1 aromatic carbocycles. The predicted molar refractivity (Wildman–Crippen MR) is 71.4 cm³/mol. The second-order valence-corrected chi connectivity index (χ2v) is 4.84. The fourth-order valence-electron chi connectivity index (χ4n) is 1.96. The standard InChI is InChI=1S/C14H20N2O/c1-9(2)12(15)6-11-7-13-10(4-5-16-13)8-14(11)17-3/h4-5,7-9,12,16H,6,15H2,1-3H3. The summed E-state index contributed by atoms with van der Waals surface area (Å²) < 4.78 is 5.43. The van der Waals surface area contributed by atoms with E-state index in [1.54, 1.807) is 7.11 Å². The molecule has 2 rings (SSSR count). The maximum absolute atomic E-state index is 6.13. The van der Waals surface area contributed by atoms with E-state index in [2.05, 4.69) is 31.0 Å². The van der Waals surface area contributed by atoms with Crippen LogP contribution in [0.15, 0.2) is 24.4 Å². The molecule has 2 aromatic rings. The van der Waals surface area contributed by atoms with Crippen LogP contribution in [0.5, 0.6) is 5.75 Å². The van der Waals surface area contributed by atoms with E-state index in [0.29, 0.717) is 5.92 Å². The molecule has 0 spiro atoms. The lowest BCUT2D eigenvalue weighted by molar-refractivity contribution is 0.404. The van der Waals surface area contributed by atoms with Crippen molar-refractivity contribution in [2.75, 3.05) is 7.11 Å². The molecule has 0 radical (unpaired) electrons. The van der Waals surface area contributed by atoms with Gasteiger partial charge < -0.3 is 15.5 Å². The minimum absolute atomic E-state index is 0.163.